The van der Waals surface area contributed by atoms with Crippen molar-refractivity contribution >= 4 is 16.8 Å². The van der Waals surface area contributed by atoms with Crippen LogP contribution in [0.4, 0.5) is 4.79 Å². The maximum absolute atomic E-state index is 11.0. The molecule has 18 heavy (non-hydrogen) atoms. The molecule has 0 atom stereocenters. The van der Waals surface area contributed by atoms with Crippen LogP contribution in [0.3, 0.4) is 0 Å². The molecular weight excluding hydrogens is 228 g/mol. The van der Waals surface area contributed by atoms with Crippen molar-refractivity contribution < 1.29 is 9.53 Å². The molecule has 2 rings (SSSR count). The van der Waals surface area contributed by atoms with Crippen LogP contribution in [0, 0.1) is 0 Å². The number of carbonyl (C=O) groups is 1. The highest BCUT2D eigenvalue weighted by Gasteiger charge is 2.05. The van der Waals surface area contributed by atoms with Crippen molar-refractivity contribution in [3.63, 3.8) is 0 Å². The Morgan fingerprint density at radius 3 is 2.56 bits per heavy atom. The SMILES string of the molecule is COc1ccc2cc(CN(C)C(N)=O)ccc2c1. The molecule has 0 radical (unpaired) electrons. The first-order chi connectivity index (χ1) is 8.60. The molecule has 0 aromatic heterocycles. The van der Waals surface area contributed by atoms with E-state index in [4.69, 9.17) is 10.5 Å². The number of fused-ring (bicyclic) bond motifs is 1. The van der Waals surface area contributed by atoms with Gasteiger partial charge in [-0.15, -0.1) is 0 Å². The number of nitrogens with zero attached hydrogens (tertiary/aromatic N) is 1. The molecule has 0 fully saturated rings. The Bertz CT molecular complexity index is 581. The van der Waals surface area contributed by atoms with Crippen molar-refractivity contribution in [2.75, 3.05) is 14.2 Å². The number of nitrogens with two attached hydrogens (primary N) is 1. The van der Waals surface area contributed by atoms with Crippen LogP contribution in [0.1, 0.15) is 5.56 Å². The Balaban J connectivity index is 2.30. The zero-order valence-electron chi connectivity index (χ0n) is 10.5. The van der Waals surface area contributed by atoms with E-state index < -0.39 is 6.03 Å². The lowest BCUT2D eigenvalue weighted by atomic mass is 10.1. The summed E-state index contributed by atoms with van der Waals surface area (Å²) in [6.45, 7) is 0.511. The number of rotatable bonds is 3. The van der Waals surface area contributed by atoms with Gasteiger partial charge in [-0.1, -0.05) is 18.2 Å². The molecule has 0 aliphatic rings. The maximum atomic E-state index is 11.0. The summed E-state index contributed by atoms with van der Waals surface area (Å²) < 4.78 is 5.18. The highest BCUT2D eigenvalue weighted by Crippen LogP contribution is 2.22. The number of hydrogen-bond acceptors (Lipinski definition) is 2. The fourth-order valence-electron chi connectivity index (χ4n) is 1.85. The van der Waals surface area contributed by atoms with E-state index in [0.29, 0.717) is 6.54 Å². The monoisotopic (exact) mass is 244 g/mol. The standard InChI is InChI=1S/C14H16N2O2/c1-16(14(15)17)9-10-3-4-12-8-13(18-2)6-5-11(12)7-10/h3-8H,9H2,1-2H3,(H2,15,17). The van der Waals surface area contributed by atoms with E-state index in [1.54, 1.807) is 14.2 Å². The van der Waals surface area contributed by atoms with Crippen LogP contribution in [0.15, 0.2) is 36.4 Å². The molecule has 2 aromatic carbocycles. The fourth-order valence-corrected chi connectivity index (χ4v) is 1.85. The zero-order valence-corrected chi connectivity index (χ0v) is 10.5. The molecule has 4 nitrogen and oxygen atoms in total. The third kappa shape index (κ3) is 2.53. The van der Waals surface area contributed by atoms with Crippen LogP contribution in [-0.2, 0) is 6.54 Å². The quantitative estimate of drug-likeness (QED) is 0.901. The number of amides is 2. The van der Waals surface area contributed by atoms with Gasteiger partial charge in [-0.2, -0.15) is 0 Å². The van der Waals surface area contributed by atoms with Gasteiger partial charge in [-0.05, 0) is 34.5 Å². The van der Waals surface area contributed by atoms with Crippen LogP contribution >= 0.6 is 0 Å². The summed E-state index contributed by atoms with van der Waals surface area (Å²) in [6.07, 6.45) is 0. The molecule has 0 bridgehead atoms. The van der Waals surface area contributed by atoms with Crippen LogP contribution in [0.25, 0.3) is 10.8 Å². The van der Waals surface area contributed by atoms with Crippen LogP contribution in [0.5, 0.6) is 5.75 Å². The molecule has 0 saturated carbocycles. The van der Waals surface area contributed by atoms with Gasteiger partial charge in [-0.25, -0.2) is 4.79 Å². The molecule has 94 valence electrons. The lowest BCUT2D eigenvalue weighted by Crippen LogP contribution is -2.31. The van der Waals surface area contributed by atoms with Gasteiger partial charge in [0, 0.05) is 13.6 Å². The number of urea groups is 1. The van der Waals surface area contributed by atoms with Gasteiger partial charge in [0.2, 0.25) is 0 Å². The van der Waals surface area contributed by atoms with Gasteiger partial charge in [-0.3, -0.25) is 0 Å². The second-order valence-corrected chi connectivity index (χ2v) is 4.24. The van der Waals surface area contributed by atoms with Crippen molar-refractivity contribution in [2.45, 2.75) is 6.54 Å². The number of primary amides is 1. The van der Waals surface area contributed by atoms with Crippen LogP contribution in [-0.4, -0.2) is 25.1 Å². The first-order valence-electron chi connectivity index (χ1n) is 5.67. The maximum Gasteiger partial charge on any atom is 0.314 e. The first-order valence-corrected chi connectivity index (χ1v) is 5.67. The summed E-state index contributed by atoms with van der Waals surface area (Å²) >= 11 is 0. The van der Waals surface area contributed by atoms with Gasteiger partial charge in [0.05, 0.1) is 7.11 Å². The van der Waals surface area contributed by atoms with Crippen molar-refractivity contribution in [1.29, 1.82) is 0 Å². The van der Waals surface area contributed by atoms with Gasteiger partial charge < -0.3 is 15.4 Å². The fraction of sp³-hybridized carbons (Fsp3) is 0.214. The summed E-state index contributed by atoms with van der Waals surface area (Å²) in [5, 5.41) is 2.23. The smallest absolute Gasteiger partial charge is 0.314 e. The van der Waals surface area contributed by atoms with Gasteiger partial charge in [0.15, 0.2) is 0 Å². The Hall–Kier alpha value is -2.23. The number of hydrogen-bond donors (Lipinski definition) is 1. The lowest BCUT2D eigenvalue weighted by molar-refractivity contribution is 0.216. The van der Waals surface area contributed by atoms with Gasteiger partial charge in [0.25, 0.3) is 0 Å². The molecule has 0 unspecified atom stereocenters. The number of ether oxygens (including phenoxy) is 1. The third-order valence-corrected chi connectivity index (χ3v) is 2.91. The number of carbonyl (C=O) groups excluding carboxylic acids is 1. The van der Waals surface area contributed by atoms with Crippen molar-refractivity contribution in [3.05, 3.63) is 42.0 Å². The summed E-state index contributed by atoms with van der Waals surface area (Å²) in [5.41, 5.74) is 6.25. The average Bonchev–Trinajstić information content (AvgIpc) is 2.37. The van der Waals surface area contributed by atoms with Crippen LogP contribution < -0.4 is 10.5 Å². The van der Waals surface area contributed by atoms with E-state index in [-0.39, 0.29) is 0 Å². The lowest BCUT2D eigenvalue weighted by Gasteiger charge is -2.14. The highest BCUT2D eigenvalue weighted by atomic mass is 16.5. The minimum Gasteiger partial charge on any atom is -0.497 e. The van der Waals surface area contributed by atoms with Gasteiger partial charge in [0.1, 0.15) is 5.75 Å². The average molecular weight is 244 g/mol. The summed E-state index contributed by atoms with van der Waals surface area (Å²) in [7, 11) is 3.33. The molecular formula is C14H16N2O2. The van der Waals surface area contributed by atoms with Crippen molar-refractivity contribution in [1.82, 2.24) is 4.90 Å². The summed E-state index contributed by atoms with van der Waals surface area (Å²) in [4.78, 5) is 12.5. The Morgan fingerprint density at radius 2 is 1.89 bits per heavy atom. The van der Waals surface area contributed by atoms with E-state index in [1.165, 1.54) is 4.90 Å². The molecule has 0 aliphatic carbocycles. The van der Waals surface area contributed by atoms with E-state index in [2.05, 4.69) is 0 Å². The predicted octanol–water partition coefficient (Wildman–Crippen LogP) is 2.36. The molecule has 2 amide bonds. The normalized spacial score (nSPS) is 10.3. The highest BCUT2D eigenvalue weighted by molar-refractivity contribution is 5.84. The second-order valence-electron chi connectivity index (χ2n) is 4.24. The predicted molar refractivity (Wildman–Crippen MR) is 71.6 cm³/mol. The Kier molecular flexibility index (Phi) is 3.37. The van der Waals surface area contributed by atoms with E-state index in [9.17, 15) is 4.79 Å². The first kappa shape index (κ1) is 12.2. The molecule has 0 saturated heterocycles. The number of methoxy groups -OCH3 is 1. The molecule has 2 aromatic rings. The van der Waals surface area contributed by atoms with Crippen LogP contribution in [0.2, 0.25) is 0 Å². The minimum atomic E-state index is -0.426. The van der Waals surface area contributed by atoms with Gasteiger partial charge >= 0.3 is 6.03 Å². The Morgan fingerprint density at radius 1 is 1.22 bits per heavy atom. The molecule has 0 aliphatic heterocycles. The van der Waals surface area contributed by atoms with E-state index >= 15 is 0 Å². The largest absolute Gasteiger partial charge is 0.497 e. The summed E-state index contributed by atoms with van der Waals surface area (Å²) in [6, 6.07) is 11.5. The molecule has 2 N–H and O–H groups in total. The van der Waals surface area contributed by atoms with Crippen molar-refractivity contribution in [2.24, 2.45) is 5.73 Å². The zero-order chi connectivity index (χ0) is 13.1. The molecule has 4 heteroatoms. The van der Waals surface area contributed by atoms with E-state index in [1.807, 2.05) is 36.4 Å². The number of benzene rings is 2. The Labute approximate surface area is 106 Å². The van der Waals surface area contributed by atoms with E-state index in [0.717, 1.165) is 22.1 Å². The second kappa shape index (κ2) is 4.96. The topological polar surface area (TPSA) is 55.6 Å². The minimum absolute atomic E-state index is 0.426. The molecule has 0 spiro atoms. The third-order valence-electron chi connectivity index (χ3n) is 2.91. The van der Waals surface area contributed by atoms with Crippen molar-refractivity contribution in [3.8, 4) is 5.75 Å². The summed E-state index contributed by atoms with van der Waals surface area (Å²) in [5.74, 6) is 0.838. The molecule has 0 heterocycles.